The van der Waals surface area contributed by atoms with Crippen LogP contribution in [0.25, 0.3) is 10.9 Å². The van der Waals surface area contributed by atoms with Crippen LogP contribution in [0.4, 0.5) is 11.5 Å². The molecular formula is C23H19Cl2N5O. The third-order valence-electron chi connectivity index (χ3n) is 4.73. The van der Waals surface area contributed by atoms with Crippen molar-refractivity contribution in [2.75, 3.05) is 17.2 Å². The monoisotopic (exact) mass is 451 g/mol. The van der Waals surface area contributed by atoms with Crippen molar-refractivity contribution in [2.24, 2.45) is 0 Å². The molecule has 31 heavy (non-hydrogen) atoms. The highest BCUT2D eigenvalue weighted by atomic mass is 35.5. The number of aryl methyl sites for hydroxylation is 1. The third kappa shape index (κ3) is 5.29. The average Bonchev–Trinajstić information content (AvgIpc) is 2.75. The molecule has 2 heterocycles. The van der Waals surface area contributed by atoms with Gasteiger partial charge < -0.3 is 10.6 Å². The van der Waals surface area contributed by atoms with Crippen LogP contribution in [0.2, 0.25) is 10.4 Å². The molecule has 0 fully saturated rings. The van der Waals surface area contributed by atoms with E-state index in [0.29, 0.717) is 22.9 Å². The normalized spacial score (nSPS) is 10.8. The Morgan fingerprint density at radius 3 is 2.55 bits per heavy atom. The van der Waals surface area contributed by atoms with Gasteiger partial charge in [-0.1, -0.05) is 29.8 Å². The Bertz CT molecular complexity index is 1220. The number of pyridine rings is 1. The first-order valence-corrected chi connectivity index (χ1v) is 10.4. The summed E-state index contributed by atoms with van der Waals surface area (Å²) in [5.41, 5.74) is 4.22. The van der Waals surface area contributed by atoms with Gasteiger partial charge in [0.2, 0.25) is 5.28 Å². The number of nitrogens with zero attached hydrogens (tertiary/aromatic N) is 3. The topological polar surface area (TPSA) is 79.8 Å². The maximum atomic E-state index is 12.3. The largest absolute Gasteiger partial charge is 0.369 e. The number of fused-ring (bicyclic) bond motifs is 1. The Morgan fingerprint density at radius 1 is 1.00 bits per heavy atom. The lowest BCUT2D eigenvalue weighted by Gasteiger charge is -2.10. The zero-order valence-electron chi connectivity index (χ0n) is 16.7. The number of aromatic nitrogens is 3. The second-order valence-corrected chi connectivity index (χ2v) is 7.78. The first-order chi connectivity index (χ1) is 15.0. The SMILES string of the molecule is Cc1ccc2c(NCCc3ccc(NC(=O)c4ccc(Cl)nc4)cc3)nc(Cl)nc2c1. The zero-order chi connectivity index (χ0) is 21.8. The van der Waals surface area contributed by atoms with Gasteiger partial charge in [0.1, 0.15) is 11.0 Å². The Balaban J connectivity index is 1.36. The van der Waals surface area contributed by atoms with Crippen LogP contribution in [0.1, 0.15) is 21.5 Å². The van der Waals surface area contributed by atoms with Crippen LogP contribution in [-0.4, -0.2) is 27.4 Å². The number of amides is 1. The van der Waals surface area contributed by atoms with Gasteiger partial charge in [-0.15, -0.1) is 0 Å². The standard InChI is InChI=1S/C23H19Cl2N5O/c1-14-2-8-18-19(12-14)29-23(25)30-21(18)26-11-10-15-3-6-17(7-4-15)28-22(31)16-5-9-20(24)27-13-16/h2-9,12-13H,10-11H2,1H3,(H,28,31)(H,26,29,30). The molecule has 0 aliphatic rings. The van der Waals surface area contributed by atoms with Gasteiger partial charge in [-0.2, -0.15) is 0 Å². The van der Waals surface area contributed by atoms with E-state index in [-0.39, 0.29) is 11.2 Å². The molecule has 0 saturated heterocycles. The van der Waals surface area contributed by atoms with E-state index in [2.05, 4.69) is 25.6 Å². The summed E-state index contributed by atoms with van der Waals surface area (Å²) in [6.45, 7) is 2.69. The highest BCUT2D eigenvalue weighted by molar-refractivity contribution is 6.29. The molecule has 1 amide bonds. The Morgan fingerprint density at radius 2 is 1.81 bits per heavy atom. The second kappa shape index (κ2) is 9.29. The minimum atomic E-state index is -0.235. The molecule has 0 aliphatic carbocycles. The van der Waals surface area contributed by atoms with E-state index >= 15 is 0 Å². The van der Waals surface area contributed by atoms with Crippen molar-refractivity contribution in [1.29, 1.82) is 0 Å². The van der Waals surface area contributed by atoms with E-state index < -0.39 is 0 Å². The molecule has 0 spiro atoms. The number of halogens is 2. The third-order valence-corrected chi connectivity index (χ3v) is 5.13. The number of carbonyl (C=O) groups excluding carboxylic acids is 1. The lowest BCUT2D eigenvalue weighted by Crippen LogP contribution is -2.12. The van der Waals surface area contributed by atoms with E-state index in [4.69, 9.17) is 23.2 Å². The molecule has 0 radical (unpaired) electrons. The fourth-order valence-corrected chi connectivity index (χ4v) is 3.43. The second-order valence-electron chi connectivity index (χ2n) is 7.06. The lowest BCUT2D eigenvalue weighted by molar-refractivity contribution is 0.102. The van der Waals surface area contributed by atoms with Crippen molar-refractivity contribution >= 4 is 51.5 Å². The average molecular weight is 452 g/mol. The minimum absolute atomic E-state index is 0.219. The Kier molecular flexibility index (Phi) is 6.30. The van der Waals surface area contributed by atoms with Crippen molar-refractivity contribution < 1.29 is 4.79 Å². The molecule has 4 rings (SSSR count). The van der Waals surface area contributed by atoms with Crippen molar-refractivity contribution in [2.45, 2.75) is 13.3 Å². The fourth-order valence-electron chi connectivity index (χ4n) is 3.14. The summed E-state index contributed by atoms with van der Waals surface area (Å²) in [5, 5.41) is 7.70. The van der Waals surface area contributed by atoms with Gasteiger partial charge in [0.15, 0.2) is 0 Å². The van der Waals surface area contributed by atoms with Gasteiger partial charge in [0.25, 0.3) is 5.91 Å². The van der Waals surface area contributed by atoms with Crippen LogP contribution >= 0.6 is 23.2 Å². The number of hydrogen-bond donors (Lipinski definition) is 2. The van der Waals surface area contributed by atoms with E-state index in [1.165, 1.54) is 6.20 Å². The number of carbonyl (C=O) groups is 1. The molecule has 2 aromatic carbocycles. The Labute approximate surface area is 189 Å². The summed E-state index contributed by atoms with van der Waals surface area (Å²) >= 11 is 11.8. The summed E-state index contributed by atoms with van der Waals surface area (Å²) in [6.07, 6.45) is 2.23. The summed E-state index contributed by atoms with van der Waals surface area (Å²) in [7, 11) is 0. The van der Waals surface area contributed by atoms with E-state index in [1.54, 1.807) is 12.1 Å². The van der Waals surface area contributed by atoms with Gasteiger partial charge in [-0.25, -0.2) is 15.0 Å². The molecule has 0 atom stereocenters. The smallest absolute Gasteiger partial charge is 0.257 e. The highest BCUT2D eigenvalue weighted by Crippen LogP contribution is 2.23. The van der Waals surface area contributed by atoms with Crippen LogP contribution in [0, 0.1) is 6.92 Å². The predicted octanol–water partition coefficient (Wildman–Crippen LogP) is 5.55. The van der Waals surface area contributed by atoms with Crippen LogP contribution in [0.5, 0.6) is 0 Å². The summed E-state index contributed by atoms with van der Waals surface area (Å²) in [5.74, 6) is 0.483. The van der Waals surface area contributed by atoms with Crippen LogP contribution in [0.15, 0.2) is 60.8 Å². The van der Waals surface area contributed by atoms with Gasteiger partial charge in [-0.3, -0.25) is 4.79 Å². The quantitative estimate of drug-likeness (QED) is 0.296. The molecule has 8 heteroatoms. The van der Waals surface area contributed by atoms with Gasteiger partial charge in [-0.05, 0) is 72.5 Å². The Hall–Kier alpha value is -3.22. The molecule has 0 saturated carbocycles. The molecular weight excluding hydrogens is 433 g/mol. The molecule has 2 N–H and O–H groups in total. The summed E-state index contributed by atoms with van der Waals surface area (Å²) in [4.78, 5) is 24.8. The maximum Gasteiger partial charge on any atom is 0.257 e. The molecule has 4 aromatic rings. The van der Waals surface area contributed by atoms with E-state index in [9.17, 15) is 4.79 Å². The lowest BCUT2D eigenvalue weighted by atomic mass is 10.1. The number of anilines is 2. The minimum Gasteiger partial charge on any atom is -0.369 e. The molecule has 156 valence electrons. The number of nitrogens with one attached hydrogen (secondary N) is 2. The van der Waals surface area contributed by atoms with E-state index in [0.717, 1.165) is 34.3 Å². The highest BCUT2D eigenvalue weighted by Gasteiger charge is 2.08. The first-order valence-electron chi connectivity index (χ1n) is 9.67. The number of benzene rings is 2. The van der Waals surface area contributed by atoms with Crippen molar-refractivity contribution in [3.05, 3.63) is 87.9 Å². The van der Waals surface area contributed by atoms with Gasteiger partial charge in [0.05, 0.1) is 11.1 Å². The number of hydrogen-bond acceptors (Lipinski definition) is 5. The van der Waals surface area contributed by atoms with Crippen LogP contribution in [-0.2, 0) is 6.42 Å². The molecule has 6 nitrogen and oxygen atoms in total. The van der Waals surface area contributed by atoms with Gasteiger partial charge in [0, 0.05) is 23.8 Å². The zero-order valence-corrected chi connectivity index (χ0v) is 18.2. The molecule has 0 bridgehead atoms. The molecule has 2 aromatic heterocycles. The summed E-state index contributed by atoms with van der Waals surface area (Å²) < 4.78 is 0. The number of rotatable bonds is 6. The molecule has 0 aliphatic heterocycles. The van der Waals surface area contributed by atoms with Crippen molar-refractivity contribution in [3.63, 3.8) is 0 Å². The van der Waals surface area contributed by atoms with Crippen LogP contribution < -0.4 is 10.6 Å². The fraction of sp³-hybridized carbons (Fsp3) is 0.130. The van der Waals surface area contributed by atoms with Crippen molar-refractivity contribution in [1.82, 2.24) is 15.0 Å². The predicted molar refractivity (Wildman–Crippen MR) is 125 cm³/mol. The van der Waals surface area contributed by atoms with Crippen molar-refractivity contribution in [3.8, 4) is 0 Å². The molecule has 0 unspecified atom stereocenters. The first kappa shape index (κ1) is 21.0. The van der Waals surface area contributed by atoms with Gasteiger partial charge >= 0.3 is 0 Å². The maximum absolute atomic E-state index is 12.3. The van der Waals surface area contributed by atoms with Crippen LogP contribution in [0.3, 0.4) is 0 Å². The summed E-state index contributed by atoms with van der Waals surface area (Å²) in [6, 6.07) is 16.9. The van der Waals surface area contributed by atoms with E-state index in [1.807, 2.05) is 49.4 Å².